The summed E-state index contributed by atoms with van der Waals surface area (Å²) in [4.78, 5) is 12.8. The van der Waals surface area contributed by atoms with Crippen LogP contribution in [-0.2, 0) is 26.8 Å². The number of halogens is 1. The molecule has 1 aliphatic carbocycles. The van der Waals surface area contributed by atoms with E-state index in [4.69, 9.17) is 0 Å². The quantitative estimate of drug-likeness (QED) is 0.898. The molecule has 1 amide bonds. The molecule has 1 saturated carbocycles. The molecule has 0 spiro atoms. The minimum absolute atomic E-state index is 0.106. The predicted molar refractivity (Wildman–Crippen MR) is 94.9 cm³/mol. The molecule has 1 aliphatic rings. The van der Waals surface area contributed by atoms with Crippen molar-refractivity contribution in [3.63, 3.8) is 0 Å². The van der Waals surface area contributed by atoms with Gasteiger partial charge in [-0.05, 0) is 54.7 Å². The molecule has 1 unspecified atom stereocenters. The maximum atomic E-state index is 13.5. The summed E-state index contributed by atoms with van der Waals surface area (Å²) >= 11 is 0. The Morgan fingerprint density at radius 3 is 2.58 bits per heavy atom. The van der Waals surface area contributed by atoms with Gasteiger partial charge < -0.3 is 5.32 Å². The number of nitrogens with one attached hydrogen (secondary N) is 1. The van der Waals surface area contributed by atoms with Gasteiger partial charge in [-0.1, -0.05) is 24.3 Å². The Morgan fingerprint density at radius 2 is 1.96 bits per heavy atom. The van der Waals surface area contributed by atoms with E-state index in [0.717, 1.165) is 35.2 Å². The highest BCUT2D eigenvalue weighted by molar-refractivity contribution is 7.83. The third-order valence-corrected chi connectivity index (χ3v) is 5.33. The number of benzene rings is 2. The van der Waals surface area contributed by atoms with Crippen LogP contribution in [0.3, 0.4) is 0 Å². The molecule has 5 heteroatoms. The van der Waals surface area contributed by atoms with Gasteiger partial charge in [0.05, 0.1) is 5.41 Å². The third kappa shape index (κ3) is 3.26. The lowest BCUT2D eigenvalue weighted by Gasteiger charge is -2.18. The van der Waals surface area contributed by atoms with Crippen molar-refractivity contribution in [2.75, 3.05) is 11.6 Å². The summed E-state index contributed by atoms with van der Waals surface area (Å²) in [6, 6.07) is 11.9. The summed E-state index contributed by atoms with van der Waals surface area (Å²) in [5, 5.41) is 2.98. The first-order valence-electron chi connectivity index (χ1n) is 7.88. The zero-order chi connectivity index (χ0) is 17.3. The minimum atomic E-state index is -0.939. The van der Waals surface area contributed by atoms with E-state index in [9.17, 15) is 13.4 Å². The van der Waals surface area contributed by atoms with Gasteiger partial charge in [-0.2, -0.15) is 0 Å². The van der Waals surface area contributed by atoms with Crippen LogP contribution in [0, 0.1) is 12.7 Å². The first-order chi connectivity index (χ1) is 11.4. The van der Waals surface area contributed by atoms with Crippen LogP contribution in [0.2, 0.25) is 0 Å². The molecule has 2 aromatic carbocycles. The zero-order valence-corrected chi connectivity index (χ0v) is 14.6. The van der Waals surface area contributed by atoms with Crippen LogP contribution in [0.5, 0.6) is 0 Å². The van der Waals surface area contributed by atoms with Gasteiger partial charge in [-0.25, -0.2) is 4.39 Å². The molecule has 1 fully saturated rings. The lowest BCUT2D eigenvalue weighted by molar-refractivity contribution is -0.118. The van der Waals surface area contributed by atoms with E-state index in [2.05, 4.69) is 5.32 Å². The van der Waals surface area contributed by atoms with Crippen molar-refractivity contribution >= 4 is 22.4 Å². The van der Waals surface area contributed by atoms with Crippen LogP contribution in [0.25, 0.3) is 0 Å². The predicted octanol–water partition coefficient (Wildman–Crippen LogP) is 3.68. The highest BCUT2D eigenvalue weighted by Crippen LogP contribution is 2.49. The van der Waals surface area contributed by atoms with E-state index < -0.39 is 16.2 Å². The van der Waals surface area contributed by atoms with Crippen molar-refractivity contribution in [3.05, 3.63) is 65.0 Å². The van der Waals surface area contributed by atoms with E-state index in [1.165, 1.54) is 12.1 Å². The average molecular weight is 345 g/mol. The first-order valence-corrected chi connectivity index (χ1v) is 9.61. The van der Waals surface area contributed by atoms with Crippen LogP contribution in [-0.4, -0.2) is 16.4 Å². The van der Waals surface area contributed by atoms with Crippen molar-refractivity contribution in [2.24, 2.45) is 0 Å². The van der Waals surface area contributed by atoms with Gasteiger partial charge in [0.15, 0.2) is 0 Å². The molecular formula is C19H20FNO2S. The number of hydrogen-bond acceptors (Lipinski definition) is 2. The summed E-state index contributed by atoms with van der Waals surface area (Å²) in [7, 11) is -0.939. The molecule has 0 saturated heterocycles. The third-order valence-electron chi connectivity index (χ3n) is 4.61. The summed E-state index contributed by atoms with van der Waals surface area (Å²) in [6.45, 7) is 1.92. The van der Waals surface area contributed by atoms with E-state index in [0.29, 0.717) is 5.75 Å². The van der Waals surface area contributed by atoms with Gasteiger partial charge in [0.1, 0.15) is 5.82 Å². The SMILES string of the molecule is Cc1c(CS(C)=O)cccc1NC(=O)C1(c2cccc(F)c2)CC1. The van der Waals surface area contributed by atoms with E-state index in [1.54, 1.807) is 18.4 Å². The molecule has 0 bridgehead atoms. The van der Waals surface area contributed by atoms with E-state index >= 15 is 0 Å². The zero-order valence-electron chi connectivity index (χ0n) is 13.8. The lowest BCUT2D eigenvalue weighted by Crippen LogP contribution is -2.28. The Kier molecular flexibility index (Phi) is 4.54. The highest BCUT2D eigenvalue weighted by atomic mass is 32.2. The Hall–Kier alpha value is -2.01. The molecule has 1 atom stereocenters. The summed E-state index contributed by atoms with van der Waals surface area (Å²) in [5.41, 5.74) is 2.72. The number of amides is 1. The van der Waals surface area contributed by atoms with Crippen LogP contribution in [0.15, 0.2) is 42.5 Å². The fourth-order valence-electron chi connectivity index (χ4n) is 2.99. The monoisotopic (exact) mass is 345 g/mol. The van der Waals surface area contributed by atoms with E-state index in [1.807, 2.05) is 25.1 Å². The topological polar surface area (TPSA) is 46.2 Å². The Morgan fingerprint density at radius 1 is 1.25 bits per heavy atom. The molecule has 126 valence electrons. The molecule has 0 aromatic heterocycles. The largest absolute Gasteiger partial charge is 0.325 e. The van der Waals surface area contributed by atoms with Crippen molar-refractivity contribution in [1.29, 1.82) is 0 Å². The van der Waals surface area contributed by atoms with Crippen LogP contribution >= 0.6 is 0 Å². The van der Waals surface area contributed by atoms with Crippen LogP contribution in [0.4, 0.5) is 10.1 Å². The standard InChI is InChI=1S/C19H20FNO2S/c1-13-14(12-24(2)23)5-3-8-17(13)21-18(22)19(9-10-19)15-6-4-7-16(20)11-15/h3-8,11H,9-10,12H2,1-2H3,(H,21,22). The van der Waals surface area contributed by atoms with E-state index in [-0.39, 0.29) is 11.7 Å². The summed E-state index contributed by atoms with van der Waals surface area (Å²) in [5.74, 6) is 0.0334. The van der Waals surface area contributed by atoms with Gasteiger partial charge in [-0.15, -0.1) is 0 Å². The summed E-state index contributed by atoms with van der Waals surface area (Å²) in [6.07, 6.45) is 3.10. The van der Waals surface area contributed by atoms with Crippen LogP contribution in [0.1, 0.15) is 29.5 Å². The number of hydrogen-bond donors (Lipinski definition) is 1. The molecule has 0 radical (unpaired) electrons. The Labute approximate surface area is 143 Å². The van der Waals surface area contributed by atoms with Gasteiger partial charge in [-0.3, -0.25) is 9.00 Å². The Bertz CT molecular complexity index is 815. The van der Waals surface area contributed by atoms with Crippen molar-refractivity contribution in [1.82, 2.24) is 0 Å². The second-order valence-corrected chi connectivity index (χ2v) is 7.79. The second kappa shape index (κ2) is 6.48. The fraction of sp³-hybridized carbons (Fsp3) is 0.316. The van der Waals surface area contributed by atoms with Crippen molar-refractivity contribution in [3.8, 4) is 0 Å². The molecule has 0 heterocycles. The van der Waals surface area contributed by atoms with Crippen molar-refractivity contribution < 1.29 is 13.4 Å². The second-order valence-electron chi connectivity index (χ2n) is 6.35. The number of carbonyl (C=O) groups excluding carboxylic acids is 1. The summed E-state index contributed by atoms with van der Waals surface area (Å²) < 4.78 is 25.0. The number of carbonyl (C=O) groups is 1. The van der Waals surface area contributed by atoms with Gasteiger partial charge in [0.2, 0.25) is 5.91 Å². The fourth-order valence-corrected chi connectivity index (χ4v) is 3.74. The lowest BCUT2D eigenvalue weighted by atomic mass is 9.94. The molecule has 3 nitrogen and oxygen atoms in total. The highest BCUT2D eigenvalue weighted by Gasteiger charge is 2.51. The smallest absolute Gasteiger partial charge is 0.235 e. The van der Waals surface area contributed by atoms with Gasteiger partial charge in [0, 0.05) is 28.5 Å². The normalized spacial score (nSPS) is 16.5. The maximum Gasteiger partial charge on any atom is 0.235 e. The minimum Gasteiger partial charge on any atom is -0.325 e. The average Bonchev–Trinajstić information content (AvgIpc) is 3.32. The molecule has 0 aliphatic heterocycles. The molecular weight excluding hydrogens is 325 g/mol. The first kappa shape index (κ1) is 16.8. The Balaban J connectivity index is 1.84. The van der Waals surface area contributed by atoms with Crippen LogP contribution < -0.4 is 5.32 Å². The van der Waals surface area contributed by atoms with Gasteiger partial charge >= 0.3 is 0 Å². The molecule has 24 heavy (non-hydrogen) atoms. The number of rotatable bonds is 5. The molecule has 1 N–H and O–H groups in total. The molecule has 2 aromatic rings. The van der Waals surface area contributed by atoms with Gasteiger partial charge in [0.25, 0.3) is 0 Å². The van der Waals surface area contributed by atoms with Crippen molar-refractivity contribution in [2.45, 2.75) is 30.9 Å². The number of anilines is 1. The molecule has 3 rings (SSSR count). The maximum absolute atomic E-state index is 13.5.